The Bertz CT molecular complexity index is 862. The second-order valence-corrected chi connectivity index (χ2v) is 5.09. The van der Waals surface area contributed by atoms with Crippen molar-refractivity contribution in [3.05, 3.63) is 36.2 Å². The van der Waals surface area contributed by atoms with Gasteiger partial charge in [0.15, 0.2) is 5.69 Å². The maximum absolute atomic E-state index is 12.2. The lowest BCUT2D eigenvalue weighted by atomic mass is 10.1. The minimum absolute atomic E-state index is 0.0255. The number of carbonyl (C=O) groups is 1. The lowest BCUT2D eigenvalue weighted by molar-refractivity contribution is 0.0947. The van der Waals surface area contributed by atoms with Gasteiger partial charge in [0.1, 0.15) is 5.82 Å². The molecular weight excluding hydrogens is 310 g/mol. The van der Waals surface area contributed by atoms with Gasteiger partial charge in [-0.3, -0.25) is 9.89 Å². The molecule has 0 fully saturated rings. The Kier molecular flexibility index (Phi) is 4.52. The molecule has 2 aromatic heterocycles. The second-order valence-electron chi connectivity index (χ2n) is 5.09. The molecule has 0 saturated carbocycles. The van der Waals surface area contributed by atoms with Crippen LogP contribution in [0.15, 0.2) is 30.5 Å². The van der Waals surface area contributed by atoms with E-state index < -0.39 is 0 Å². The molecule has 1 amide bonds. The first kappa shape index (κ1) is 15.7. The van der Waals surface area contributed by atoms with Crippen LogP contribution in [0.3, 0.4) is 0 Å². The molecule has 24 heavy (non-hydrogen) atoms. The quantitative estimate of drug-likeness (QED) is 0.421. The molecule has 124 valence electrons. The third kappa shape index (κ3) is 3.41. The van der Waals surface area contributed by atoms with Gasteiger partial charge in [0.05, 0.1) is 5.52 Å². The molecule has 0 atom stereocenters. The monoisotopic (exact) mass is 327 g/mol. The number of rotatable bonds is 6. The van der Waals surface area contributed by atoms with E-state index in [4.69, 9.17) is 10.8 Å². The van der Waals surface area contributed by atoms with E-state index in [0.29, 0.717) is 29.9 Å². The van der Waals surface area contributed by atoms with Gasteiger partial charge in [-0.1, -0.05) is 0 Å². The molecule has 3 aromatic rings. The number of amides is 1. The van der Waals surface area contributed by atoms with Gasteiger partial charge in [-0.2, -0.15) is 10.1 Å². The normalized spacial score (nSPS) is 10.7. The molecule has 9 nitrogen and oxygen atoms in total. The highest BCUT2D eigenvalue weighted by atomic mass is 16.3. The van der Waals surface area contributed by atoms with Crippen molar-refractivity contribution >= 4 is 34.3 Å². The topological polar surface area (TPSA) is 142 Å². The summed E-state index contributed by atoms with van der Waals surface area (Å²) in [7, 11) is 0. The number of nitrogen functional groups attached to an aromatic ring is 1. The van der Waals surface area contributed by atoms with E-state index in [-0.39, 0.29) is 18.5 Å². The number of fused-ring (bicyclic) bond motifs is 1. The van der Waals surface area contributed by atoms with Crippen molar-refractivity contribution in [2.75, 3.05) is 24.2 Å². The van der Waals surface area contributed by atoms with Crippen molar-refractivity contribution in [2.45, 2.75) is 6.42 Å². The van der Waals surface area contributed by atoms with Crippen LogP contribution < -0.4 is 16.4 Å². The summed E-state index contributed by atoms with van der Waals surface area (Å²) >= 11 is 0. The van der Waals surface area contributed by atoms with E-state index in [1.807, 2.05) is 12.1 Å². The largest absolute Gasteiger partial charge is 0.396 e. The Hall–Kier alpha value is -3.20. The summed E-state index contributed by atoms with van der Waals surface area (Å²) in [5.41, 5.74) is 7.35. The SMILES string of the molecule is Nc1nccc(Nc2ccc3[nH]nc(C(=O)NCCCO)c3c2)n1. The molecular formula is C15H17N7O2. The number of benzene rings is 1. The van der Waals surface area contributed by atoms with Crippen molar-refractivity contribution in [3.63, 3.8) is 0 Å². The molecule has 0 saturated heterocycles. The van der Waals surface area contributed by atoms with Crippen LogP contribution in [0, 0.1) is 0 Å². The predicted octanol–water partition coefficient (Wildman–Crippen LogP) is 0.791. The van der Waals surface area contributed by atoms with E-state index >= 15 is 0 Å². The Labute approximate surface area is 137 Å². The van der Waals surface area contributed by atoms with Crippen LogP contribution in [0.5, 0.6) is 0 Å². The standard InChI is InChI=1S/C15H17N7O2/c16-15-18-6-4-12(20-15)19-9-2-3-11-10(8-9)13(22-21-11)14(24)17-5-1-7-23/h2-4,6,8,23H,1,5,7H2,(H,17,24)(H,21,22)(H3,16,18,19,20). The summed E-state index contributed by atoms with van der Waals surface area (Å²) in [5.74, 6) is 0.436. The fourth-order valence-electron chi connectivity index (χ4n) is 2.22. The number of hydrogen-bond acceptors (Lipinski definition) is 7. The first-order valence-corrected chi connectivity index (χ1v) is 7.40. The molecule has 0 aliphatic heterocycles. The third-order valence-electron chi connectivity index (χ3n) is 3.34. The zero-order valence-corrected chi connectivity index (χ0v) is 12.8. The van der Waals surface area contributed by atoms with E-state index in [2.05, 4.69) is 30.8 Å². The van der Waals surface area contributed by atoms with Crippen LogP contribution in [0.1, 0.15) is 16.9 Å². The molecule has 0 aliphatic carbocycles. The average molecular weight is 327 g/mol. The number of nitrogens with two attached hydrogens (primary N) is 1. The van der Waals surface area contributed by atoms with Crippen LogP contribution in [-0.2, 0) is 0 Å². The lowest BCUT2D eigenvalue weighted by Gasteiger charge is -2.06. The number of carbonyl (C=O) groups excluding carboxylic acids is 1. The summed E-state index contributed by atoms with van der Waals surface area (Å²) in [6.07, 6.45) is 2.05. The number of aromatic nitrogens is 4. The molecule has 0 spiro atoms. The highest BCUT2D eigenvalue weighted by Crippen LogP contribution is 2.23. The number of nitrogens with zero attached hydrogens (tertiary/aromatic N) is 3. The van der Waals surface area contributed by atoms with E-state index in [1.54, 1.807) is 18.3 Å². The van der Waals surface area contributed by atoms with Gasteiger partial charge in [0.2, 0.25) is 5.95 Å². The molecule has 0 bridgehead atoms. The molecule has 1 aromatic carbocycles. The van der Waals surface area contributed by atoms with Crippen LogP contribution in [-0.4, -0.2) is 44.3 Å². The van der Waals surface area contributed by atoms with Crippen LogP contribution in [0.25, 0.3) is 10.9 Å². The predicted molar refractivity (Wildman–Crippen MR) is 89.9 cm³/mol. The smallest absolute Gasteiger partial charge is 0.272 e. The van der Waals surface area contributed by atoms with Crippen molar-refractivity contribution in [3.8, 4) is 0 Å². The van der Waals surface area contributed by atoms with Crippen LogP contribution >= 0.6 is 0 Å². The minimum atomic E-state index is -0.293. The van der Waals surface area contributed by atoms with Crippen LogP contribution in [0.2, 0.25) is 0 Å². The van der Waals surface area contributed by atoms with Crippen molar-refractivity contribution < 1.29 is 9.90 Å². The number of aromatic amines is 1. The number of anilines is 3. The zero-order chi connectivity index (χ0) is 16.9. The first-order chi connectivity index (χ1) is 11.7. The molecule has 0 aliphatic rings. The van der Waals surface area contributed by atoms with Gasteiger partial charge < -0.3 is 21.5 Å². The maximum atomic E-state index is 12.2. The van der Waals surface area contributed by atoms with E-state index in [9.17, 15) is 4.79 Å². The lowest BCUT2D eigenvalue weighted by Crippen LogP contribution is -2.25. The van der Waals surface area contributed by atoms with Crippen LogP contribution in [0.4, 0.5) is 17.5 Å². The van der Waals surface area contributed by atoms with Crippen molar-refractivity contribution in [1.29, 1.82) is 0 Å². The fraction of sp³-hybridized carbons (Fsp3) is 0.200. The van der Waals surface area contributed by atoms with Gasteiger partial charge in [-0.05, 0) is 30.7 Å². The summed E-state index contributed by atoms with van der Waals surface area (Å²) < 4.78 is 0. The average Bonchev–Trinajstić information content (AvgIpc) is 2.98. The molecule has 2 heterocycles. The summed E-state index contributed by atoms with van der Waals surface area (Å²) in [5, 5.41) is 22.2. The summed E-state index contributed by atoms with van der Waals surface area (Å²) in [6.45, 7) is 0.416. The minimum Gasteiger partial charge on any atom is -0.396 e. The third-order valence-corrected chi connectivity index (χ3v) is 3.34. The zero-order valence-electron chi connectivity index (χ0n) is 12.8. The Morgan fingerprint density at radius 1 is 1.33 bits per heavy atom. The Morgan fingerprint density at radius 3 is 3.00 bits per heavy atom. The second kappa shape index (κ2) is 6.92. The number of H-pyrrole nitrogens is 1. The fourth-order valence-corrected chi connectivity index (χ4v) is 2.22. The van der Waals surface area contributed by atoms with Gasteiger partial charge in [0.25, 0.3) is 5.91 Å². The van der Waals surface area contributed by atoms with E-state index in [1.165, 1.54) is 0 Å². The van der Waals surface area contributed by atoms with Gasteiger partial charge in [-0.15, -0.1) is 0 Å². The molecule has 0 radical (unpaired) electrons. The highest BCUT2D eigenvalue weighted by molar-refractivity contribution is 6.05. The molecule has 9 heteroatoms. The maximum Gasteiger partial charge on any atom is 0.272 e. The highest BCUT2D eigenvalue weighted by Gasteiger charge is 2.14. The number of aliphatic hydroxyl groups excluding tert-OH is 1. The summed E-state index contributed by atoms with van der Waals surface area (Å²) in [4.78, 5) is 20.1. The first-order valence-electron chi connectivity index (χ1n) is 7.40. The number of aliphatic hydroxyl groups is 1. The van der Waals surface area contributed by atoms with Gasteiger partial charge >= 0.3 is 0 Å². The Morgan fingerprint density at radius 2 is 2.21 bits per heavy atom. The van der Waals surface area contributed by atoms with E-state index in [0.717, 1.165) is 11.2 Å². The molecule has 6 N–H and O–H groups in total. The number of nitrogens with one attached hydrogen (secondary N) is 3. The Balaban J connectivity index is 1.84. The van der Waals surface area contributed by atoms with Crippen molar-refractivity contribution in [1.82, 2.24) is 25.5 Å². The molecule has 0 unspecified atom stereocenters. The summed E-state index contributed by atoms with van der Waals surface area (Å²) in [6, 6.07) is 7.16. The molecule has 3 rings (SSSR count). The van der Waals surface area contributed by atoms with Gasteiger partial charge in [0, 0.05) is 30.4 Å². The van der Waals surface area contributed by atoms with Gasteiger partial charge in [-0.25, -0.2) is 4.98 Å². The number of hydrogen-bond donors (Lipinski definition) is 5. The van der Waals surface area contributed by atoms with Crippen molar-refractivity contribution in [2.24, 2.45) is 0 Å².